The normalized spacial score (nSPS) is 13.8. The number of aryl methyl sites for hydroxylation is 2. The van der Waals surface area contributed by atoms with E-state index in [1.165, 1.54) is 23.2 Å². The van der Waals surface area contributed by atoms with E-state index in [2.05, 4.69) is 4.98 Å². The number of hydrogen-bond donors (Lipinski definition) is 1. The van der Waals surface area contributed by atoms with Gasteiger partial charge < -0.3 is 10.0 Å². The number of nitrogens with zero attached hydrogens (tertiary/aromatic N) is 5. The summed E-state index contributed by atoms with van der Waals surface area (Å²) < 4.78 is 3.63. The Morgan fingerprint density at radius 2 is 1.93 bits per heavy atom. The van der Waals surface area contributed by atoms with Gasteiger partial charge in [-0.3, -0.25) is 23.3 Å². The number of rotatable bonds is 3. The van der Waals surface area contributed by atoms with Crippen molar-refractivity contribution >= 4 is 28.8 Å². The van der Waals surface area contributed by atoms with Crippen LogP contribution in [0, 0.1) is 0 Å². The number of aromatic nitrogens is 4. The number of benzene rings is 1. The molecule has 0 aliphatic carbocycles. The average molecular weight is 369 g/mol. The van der Waals surface area contributed by atoms with E-state index in [0.717, 1.165) is 28.7 Å². The number of fused-ring (bicyclic) bond motifs is 2. The molecule has 1 N–H and O–H groups in total. The fourth-order valence-electron chi connectivity index (χ4n) is 3.67. The first kappa shape index (κ1) is 17.1. The number of carboxylic acids is 1. The summed E-state index contributed by atoms with van der Waals surface area (Å²) in [6.07, 6.45) is 1.80. The Morgan fingerprint density at radius 1 is 1.19 bits per heavy atom. The van der Waals surface area contributed by atoms with Gasteiger partial charge in [-0.15, -0.1) is 0 Å². The summed E-state index contributed by atoms with van der Waals surface area (Å²) in [6, 6.07) is 7.86. The highest BCUT2D eigenvalue weighted by Gasteiger charge is 2.27. The first-order valence-corrected chi connectivity index (χ1v) is 8.63. The van der Waals surface area contributed by atoms with E-state index >= 15 is 0 Å². The van der Waals surface area contributed by atoms with Crippen molar-refractivity contribution in [2.24, 2.45) is 14.1 Å². The van der Waals surface area contributed by atoms with Crippen LogP contribution in [0.5, 0.6) is 0 Å². The molecule has 2 aromatic heterocycles. The second kappa shape index (κ2) is 6.11. The van der Waals surface area contributed by atoms with Crippen molar-refractivity contribution < 1.29 is 9.90 Å². The topological polar surface area (TPSA) is 102 Å². The molecule has 140 valence electrons. The molecule has 9 heteroatoms. The Morgan fingerprint density at radius 3 is 2.67 bits per heavy atom. The van der Waals surface area contributed by atoms with Gasteiger partial charge in [0.05, 0.1) is 0 Å². The van der Waals surface area contributed by atoms with Crippen LogP contribution in [0.2, 0.25) is 0 Å². The third-order valence-corrected chi connectivity index (χ3v) is 4.97. The second-order valence-corrected chi connectivity index (χ2v) is 6.65. The van der Waals surface area contributed by atoms with E-state index < -0.39 is 23.8 Å². The summed E-state index contributed by atoms with van der Waals surface area (Å²) in [7, 11) is 2.90. The molecular weight excluding hydrogens is 350 g/mol. The van der Waals surface area contributed by atoms with Crippen molar-refractivity contribution in [2.75, 3.05) is 11.4 Å². The largest absolute Gasteiger partial charge is 0.480 e. The van der Waals surface area contributed by atoms with Gasteiger partial charge in [0.1, 0.15) is 6.54 Å². The van der Waals surface area contributed by atoms with Gasteiger partial charge in [0.15, 0.2) is 11.2 Å². The molecule has 0 spiro atoms. The number of aliphatic carboxylic acids is 1. The van der Waals surface area contributed by atoms with Crippen LogP contribution in [0.25, 0.3) is 11.2 Å². The summed E-state index contributed by atoms with van der Waals surface area (Å²) in [5.74, 6) is -0.727. The monoisotopic (exact) mass is 369 g/mol. The molecule has 27 heavy (non-hydrogen) atoms. The molecule has 1 aliphatic rings. The Kier molecular flexibility index (Phi) is 3.87. The Balaban J connectivity index is 2.06. The lowest BCUT2D eigenvalue weighted by Gasteiger charge is -2.30. The molecule has 0 fully saturated rings. The van der Waals surface area contributed by atoms with E-state index in [-0.39, 0.29) is 11.2 Å². The number of carboxylic acid groups (broad SMARTS) is 1. The smallest absolute Gasteiger partial charge is 0.332 e. The van der Waals surface area contributed by atoms with Gasteiger partial charge in [0.2, 0.25) is 5.95 Å². The molecule has 1 aromatic carbocycles. The van der Waals surface area contributed by atoms with Crippen molar-refractivity contribution in [2.45, 2.75) is 19.4 Å². The molecule has 0 radical (unpaired) electrons. The van der Waals surface area contributed by atoms with Gasteiger partial charge >= 0.3 is 11.7 Å². The summed E-state index contributed by atoms with van der Waals surface area (Å²) in [6.45, 7) is 0.228. The van der Waals surface area contributed by atoms with E-state index in [9.17, 15) is 19.5 Å². The number of anilines is 2. The van der Waals surface area contributed by atoms with Gasteiger partial charge in [-0.05, 0) is 24.5 Å². The van der Waals surface area contributed by atoms with Crippen LogP contribution >= 0.6 is 0 Å². The van der Waals surface area contributed by atoms with Crippen molar-refractivity contribution in [1.29, 1.82) is 0 Å². The van der Waals surface area contributed by atoms with Crippen molar-refractivity contribution in [3.05, 3.63) is 50.7 Å². The van der Waals surface area contributed by atoms with Crippen molar-refractivity contribution in [3.63, 3.8) is 0 Å². The number of para-hydroxylation sites is 1. The van der Waals surface area contributed by atoms with E-state index in [1.54, 1.807) is 0 Å². The first-order chi connectivity index (χ1) is 12.9. The predicted molar refractivity (Wildman–Crippen MR) is 99.6 cm³/mol. The first-order valence-electron chi connectivity index (χ1n) is 8.63. The summed E-state index contributed by atoms with van der Waals surface area (Å²) in [4.78, 5) is 42.9. The highest BCUT2D eigenvalue weighted by Crippen LogP contribution is 2.33. The summed E-state index contributed by atoms with van der Waals surface area (Å²) >= 11 is 0. The summed E-state index contributed by atoms with van der Waals surface area (Å²) in [5.41, 5.74) is 1.31. The van der Waals surface area contributed by atoms with E-state index in [1.807, 2.05) is 29.2 Å². The average Bonchev–Trinajstić information content (AvgIpc) is 3.02. The lowest BCUT2D eigenvalue weighted by molar-refractivity contribution is -0.137. The van der Waals surface area contributed by atoms with Gasteiger partial charge in [-0.1, -0.05) is 18.2 Å². The molecule has 9 nitrogen and oxygen atoms in total. The van der Waals surface area contributed by atoms with E-state index in [0.29, 0.717) is 12.5 Å². The molecule has 0 amide bonds. The highest BCUT2D eigenvalue weighted by molar-refractivity contribution is 5.80. The lowest BCUT2D eigenvalue weighted by Crippen LogP contribution is -2.37. The molecule has 0 unspecified atom stereocenters. The quantitative estimate of drug-likeness (QED) is 0.725. The molecule has 0 bridgehead atoms. The van der Waals surface area contributed by atoms with Crippen molar-refractivity contribution in [3.8, 4) is 0 Å². The maximum absolute atomic E-state index is 12.7. The highest BCUT2D eigenvalue weighted by atomic mass is 16.4. The predicted octanol–water partition coefficient (Wildman–Crippen LogP) is 0.603. The molecule has 3 aromatic rings. The molecule has 3 heterocycles. The Bertz CT molecular complexity index is 1190. The van der Waals surface area contributed by atoms with Crippen LogP contribution in [0.15, 0.2) is 33.9 Å². The number of imidazole rings is 1. The Hall–Kier alpha value is -3.36. The Labute approximate surface area is 153 Å². The SMILES string of the molecule is Cn1c(=O)c2c(nc(N3CCCc4ccccc43)n2CC(=O)O)n(C)c1=O. The third-order valence-electron chi connectivity index (χ3n) is 4.97. The fraction of sp³-hybridized carbons (Fsp3) is 0.333. The van der Waals surface area contributed by atoms with Gasteiger partial charge in [0, 0.05) is 26.3 Å². The molecule has 0 saturated heterocycles. The molecule has 4 rings (SSSR count). The van der Waals surface area contributed by atoms with E-state index in [4.69, 9.17) is 0 Å². The zero-order valence-electron chi connectivity index (χ0n) is 15.0. The zero-order valence-corrected chi connectivity index (χ0v) is 15.0. The van der Waals surface area contributed by atoms with Gasteiger partial charge in [-0.2, -0.15) is 4.98 Å². The molecule has 1 aliphatic heterocycles. The van der Waals surface area contributed by atoms with Crippen LogP contribution in [-0.4, -0.2) is 36.3 Å². The maximum Gasteiger partial charge on any atom is 0.332 e. The van der Waals surface area contributed by atoms with Crippen LogP contribution < -0.4 is 16.1 Å². The summed E-state index contributed by atoms with van der Waals surface area (Å²) in [5, 5.41) is 9.40. The lowest BCUT2D eigenvalue weighted by atomic mass is 10.0. The molecule has 0 saturated carbocycles. The van der Waals surface area contributed by atoms with Crippen LogP contribution in [-0.2, 0) is 31.9 Å². The maximum atomic E-state index is 12.7. The number of carbonyl (C=O) groups is 1. The minimum Gasteiger partial charge on any atom is -0.480 e. The van der Waals surface area contributed by atoms with Gasteiger partial charge in [0.25, 0.3) is 5.56 Å². The van der Waals surface area contributed by atoms with Crippen LogP contribution in [0.4, 0.5) is 11.6 Å². The second-order valence-electron chi connectivity index (χ2n) is 6.65. The fourth-order valence-corrected chi connectivity index (χ4v) is 3.67. The molecule has 0 atom stereocenters. The number of hydrogen-bond acceptors (Lipinski definition) is 5. The minimum atomic E-state index is -1.09. The third kappa shape index (κ3) is 2.54. The minimum absolute atomic E-state index is 0.111. The van der Waals surface area contributed by atoms with Crippen LogP contribution in [0.3, 0.4) is 0 Å². The molecular formula is C18H19N5O4. The van der Waals surface area contributed by atoms with Crippen LogP contribution in [0.1, 0.15) is 12.0 Å². The zero-order chi connectivity index (χ0) is 19.3. The van der Waals surface area contributed by atoms with Crippen molar-refractivity contribution in [1.82, 2.24) is 18.7 Å². The standard InChI is InChI=1S/C18H19N5O4/c1-20-15-14(16(26)21(2)18(20)27)23(10-13(24)25)17(19-15)22-9-5-7-11-6-3-4-8-12(11)22/h3-4,6,8H,5,7,9-10H2,1-2H3,(H,24,25). The van der Waals surface area contributed by atoms with Gasteiger partial charge in [-0.25, -0.2) is 4.79 Å².